The van der Waals surface area contributed by atoms with Crippen molar-refractivity contribution < 1.29 is 0 Å². The molecular formula is C15H21NS. The van der Waals surface area contributed by atoms with Gasteiger partial charge >= 0.3 is 0 Å². The Labute approximate surface area is 108 Å². The summed E-state index contributed by atoms with van der Waals surface area (Å²) in [6.07, 6.45) is 7.22. The van der Waals surface area contributed by atoms with E-state index in [0.29, 0.717) is 5.41 Å². The van der Waals surface area contributed by atoms with E-state index in [1.165, 1.54) is 30.6 Å². The molecule has 0 spiro atoms. The Hall–Kier alpha value is -0.810. The Bertz CT molecular complexity index is 385. The van der Waals surface area contributed by atoms with Crippen LogP contribution in [0.4, 0.5) is 0 Å². The normalized spacial score (nSPS) is 20.5. The van der Waals surface area contributed by atoms with Crippen LogP contribution < -0.4 is 0 Å². The molecule has 1 aliphatic carbocycles. The lowest BCUT2D eigenvalue weighted by molar-refractivity contribution is 0.0377. The molecule has 1 aromatic heterocycles. The van der Waals surface area contributed by atoms with E-state index in [4.69, 9.17) is 0 Å². The third kappa shape index (κ3) is 2.13. The predicted octanol–water partition coefficient (Wildman–Crippen LogP) is 4.89. The third-order valence-corrected chi connectivity index (χ3v) is 5.20. The largest absolute Gasteiger partial charge is 0.197 e. The number of hydrogen-bond donors (Lipinski definition) is 0. The maximum Gasteiger partial charge on any atom is 0.0925 e. The molecule has 1 nitrogen and oxygen atoms in total. The van der Waals surface area contributed by atoms with Gasteiger partial charge in [-0.1, -0.05) is 32.8 Å². The van der Waals surface area contributed by atoms with Crippen LogP contribution in [0.25, 0.3) is 0 Å². The topological polar surface area (TPSA) is 23.8 Å². The van der Waals surface area contributed by atoms with Gasteiger partial charge in [-0.05, 0) is 42.5 Å². The van der Waals surface area contributed by atoms with Crippen LogP contribution in [-0.2, 0) is 5.41 Å². The van der Waals surface area contributed by atoms with Gasteiger partial charge in [0.15, 0.2) is 0 Å². The third-order valence-electron chi connectivity index (χ3n) is 4.12. The van der Waals surface area contributed by atoms with E-state index in [1.807, 2.05) is 0 Å². The highest BCUT2D eigenvalue weighted by Gasteiger charge is 2.55. The Morgan fingerprint density at radius 3 is 2.35 bits per heavy atom. The summed E-state index contributed by atoms with van der Waals surface area (Å²) in [6, 6.07) is 6.80. The average molecular weight is 247 g/mol. The number of nitrogens with zero attached hydrogens (tertiary/aromatic N) is 1. The maximum absolute atomic E-state index is 9.53. The standard InChI is InChI=1S/C15H21NS/c1-3-7-14(8-4-2)10-15(11-14,12-16)13-6-5-9-17-13/h5-6,9H,3-4,7-8,10-11H2,1-2H3. The van der Waals surface area contributed by atoms with Crippen molar-refractivity contribution in [2.45, 2.75) is 57.8 Å². The minimum atomic E-state index is -0.154. The molecule has 0 amide bonds. The van der Waals surface area contributed by atoms with Gasteiger partial charge < -0.3 is 0 Å². The summed E-state index contributed by atoms with van der Waals surface area (Å²) >= 11 is 1.74. The lowest BCUT2D eigenvalue weighted by Gasteiger charge is -2.53. The molecule has 1 saturated carbocycles. The summed E-state index contributed by atoms with van der Waals surface area (Å²) in [5.74, 6) is 0. The van der Waals surface area contributed by atoms with E-state index in [2.05, 4.69) is 37.4 Å². The predicted molar refractivity (Wildman–Crippen MR) is 73.1 cm³/mol. The van der Waals surface area contributed by atoms with E-state index >= 15 is 0 Å². The number of rotatable bonds is 5. The van der Waals surface area contributed by atoms with Crippen molar-refractivity contribution in [2.24, 2.45) is 5.41 Å². The fraction of sp³-hybridized carbons (Fsp3) is 0.667. The van der Waals surface area contributed by atoms with Crippen LogP contribution in [-0.4, -0.2) is 0 Å². The second-order valence-electron chi connectivity index (χ2n) is 5.52. The first-order valence-electron chi connectivity index (χ1n) is 6.65. The molecular weight excluding hydrogens is 226 g/mol. The van der Waals surface area contributed by atoms with Gasteiger partial charge in [0.25, 0.3) is 0 Å². The van der Waals surface area contributed by atoms with Gasteiger partial charge in [0.1, 0.15) is 0 Å². The zero-order chi connectivity index (χ0) is 12.4. The van der Waals surface area contributed by atoms with Crippen molar-refractivity contribution in [1.29, 1.82) is 5.26 Å². The molecule has 17 heavy (non-hydrogen) atoms. The molecule has 0 N–H and O–H groups in total. The van der Waals surface area contributed by atoms with Crippen molar-refractivity contribution in [1.82, 2.24) is 0 Å². The average Bonchev–Trinajstić information content (AvgIpc) is 2.79. The van der Waals surface area contributed by atoms with E-state index < -0.39 is 0 Å². The van der Waals surface area contributed by atoms with Crippen molar-refractivity contribution >= 4 is 11.3 Å². The molecule has 0 saturated heterocycles. The number of hydrogen-bond acceptors (Lipinski definition) is 2. The second-order valence-corrected chi connectivity index (χ2v) is 6.47. The zero-order valence-corrected chi connectivity index (χ0v) is 11.6. The van der Waals surface area contributed by atoms with Crippen LogP contribution in [0, 0.1) is 16.7 Å². The van der Waals surface area contributed by atoms with E-state index in [1.54, 1.807) is 11.3 Å². The molecule has 0 unspecified atom stereocenters. The first-order chi connectivity index (χ1) is 8.20. The Morgan fingerprint density at radius 2 is 1.94 bits per heavy atom. The Morgan fingerprint density at radius 1 is 1.29 bits per heavy atom. The summed E-state index contributed by atoms with van der Waals surface area (Å²) in [7, 11) is 0. The van der Waals surface area contributed by atoms with E-state index in [9.17, 15) is 5.26 Å². The first-order valence-corrected chi connectivity index (χ1v) is 7.53. The van der Waals surface area contributed by atoms with Gasteiger partial charge in [0, 0.05) is 4.88 Å². The minimum Gasteiger partial charge on any atom is -0.197 e. The van der Waals surface area contributed by atoms with Gasteiger partial charge in [-0.25, -0.2) is 0 Å². The molecule has 0 atom stereocenters. The van der Waals surface area contributed by atoms with Gasteiger partial charge in [0.05, 0.1) is 11.5 Å². The highest BCUT2D eigenvalue weighted by Crippen LogP contribution is 2.60. The molecule has 0 radical (unpaired) electrons. The summed E-state index contributed by atoms with van der Waals surface area (Å²) in [4.78, 5) is 1.28. The maximum atomic E-state index is 9.53. The summed E-state index contributed by atoms with van der Waals surface area (Å²) < 4.78 is 0. The van der Waals surface area contributed by atoms with Crippen molar-refractivity contribution in [3.8, 4) is 6.07 Å². The quantitative estimate of drug-likeness (QED) is 0.726. The van der Waals surface area contributed by atoms with Crippen LogP contribution in [0.3, 0.4) is 0 Å². The lowest BCUT2D eigenvalue weighted by Crippen LogP contribution is -2.48. The number of nitriles is 1. The van der Waals surface area contributed by atoms with Crippen molar-refractivity contribution in [3.63, 3.8) is 0 Å². The molecule has 1 aliphatic rings. The molecule has 0 aromatic carbocycles. The van der Waals surface area contributed by atoms with E-state index in [0.717, 1.165) is 12.8 Å². The molecule has 92 valence electrons. The lowest BCUT2D eigenvalue weighted by atomic mass is 9.50. The van der Waals surface area contributed by atoms with Crippen molar-refractivity contribution in [3.05, 3.63) is 22.4 Å². The van der Waals surface area contributed by atoms with Crippen LogP contribution in [0.5, 0.6) is 0 Å². The molecule has 1 fully saturated rings. The molecule has 1 heterocycles. The highest BCUT2D eigenvalue weighted by molar-refractivity contribution is 7.10. The van der Waals surface area contributed by atoms with E-state index in [-0.39, 0.29) is 5.41 Å². The van der Waals surface area contributed by atoms with Gasteiger partial charge in [-0.2, -0.15) is 5.26 Å². The zero-order valence-electron chi connectivity index (χ0n) is 10.8. The number of thiophene rings is 1. The van der Waals surface area contributed by atoms with Crippen LogP contribution in [0.15, 0.2) is 17.5 Å². The smallest absolute Gasteiger partial charge is 0.0925 e. The Balaban J connectivity index is 2.15. The summed E-state index contributed by atoms with van der Waals surface area (Å²) in [5, 5.41) is 11.6. The van der Waals surface area contributed by atoms with Gasteiger partial charge in [-0.15, -0.1) is 11.3 Å². The first kappa shape index (κ1) is 12.6. The fourth-order valence-electron chi connectivity index (χ4n) is 3.63. The van der Waals surface area contributed by atoms with Crippen molar-refractivity contribution in [2.75, 3.05) is 0 Å². The van der Waals surface area contributed by atoms with Gasteiger partial charge in [0.2, 0.25) is 0 Å². The molecule has 1 aromatic rings. The molecule has 0 aliphatic heterocycles. The molecule has 2 heteroatoms. The summed E-state index contributed by atoms with van der Waals surface area (Å²) in [5.41, 5.74) is 0.307. The monoisotopic (exact) mass is 247 g/mol. The van der Waals surface area contributed by atoms with Gasteiger partial charge in [-0.3, -0.25) is 0 Å². The second kappa shape index (κ2) is 4.82. The fourth-order valence-corrected chi connectivity index (χ4v) is 4.50. The van der Waals surface area contributed by atoms with Crippen LogP contribution in [0.2, 0.25) is 0 Å². The molecule has 0 bridgehead atoms. The minimum absolute atomic E-state index is 0.154. The highest BCUT2D eigenvalue weighted by atomic mass is 32.1. The Kier molecular flexibility index (Phi) is 3.58. The summed E-state index contributed by atoms with van der Waals surface area (Å²) in [6.45, 7) is 4.52. The van der Waals surface area contributed by atoms with Crippen LogP contribution in [0.1, 0.15) is 57.2 Å². The SMILES string of the molecule is CCCC1(CCC)CC(C#N)(c2cccs2)C1. The van der Waals surface area contributed by atoms with Crippen LogP contribution >= 0.6 is 11.3 Å². The molecule has 2 rings (SSSR count).